The molecule has 122 valence electrons. The van der Waals surface area contributed by atoms with Crippen LogP contribution in [-0.2, 0) is 20.6 Å². The average Bonchev–Trinajstić information content (AvgIpc) is 2.72. The van der Waals surface area contributed by atoms with Crippen molar-refractivity contribution >= 4 is 15.9 Å². The first-order chi connectivity index (χ1) is 10.1. The molecule has 2 rings (SSSR count). The number of hydrogen-bond acceptors (Lipinski definition) is 3. The van der Waals surface area contributed by atoms with Crippen molar-refractivity contribution in [2.45, 2.75) is 18.9 Å². The van der Waals surface area contributed by atoms with Crippen LogP contribution < -0.4 is 0 Å². The second-order valence-electron chi connectivity index (χ2n) is 5.14. The molecule has 0 radical (unpaired) electrons. The number of carbonyl (C=O) groups excluding carboxylic acids is 1. The van der Waals surface area contributed by atoms with Crippen molar-refractivity contribution in [2.75, 3.05) is 19.8 Å². The second kappa shape index (κ2) is 5.88. The molecule has 1 heterocycles. The largest absolute Gasteiger partial charge is 0.406 e. The highest BCUT2D eigenvalue weighted by atomic mass is 32.2. The zero-order valence-electron chi connectivity index (χ0n) is 11.8. The SMILES string of the molecule is Cc1ccccc1CS(=O)(=O)N1CC(=O)N(CC(F)(F)F)C1. The van der Waals surface area contributed by atoms with Gasteiger partial charge in [-0.05, 0) is 18.1 Å². The first kappa shape index (κ1) is 16.8. The molecule has 0 atom stereocenters. The molecule has 0 bridgehead atoms. The third-order valence-corrected chi connectivity index (χ3v) is 5.06. The molecule has 0 unspecified atom stereocenters. The van der Waals surface area contributed by atoms with Crippen molar-refractivity contribution in [1.29, 1.82) is 0 Å². The lowest BCUT2D eigenvalue weighted by Gasteiger charge is -2.19. The molecule has 1 fully saturated rings. The van der Waals surface area contributed by atoms with E-state index >= 15 is 0 Å². The number of hydrogen-bond donors (Lipinski definition) is 0. The third kappa shape index (κ3) is 3.98. The van der Waals surface area contributed by atoms with Crippen LogP contribution in [0.4, 0.5) is 13.2 Å². The van der Waals surface area contributed by atoms with Gasteiger partial charge in [0.2, 0.25) is 15.9 Å². The van der Waals surface area contributed by atoms with E-state index < -0.39 is 41.9 Å². The summed E-state index contributed by atoms with van der Waals surface area (Å²) in [5, 5.41) is 0. The van der Waals surface area contributed by atoms with Crippen molar-refractivity contribution in [3.63, 3.8) is 0 Å². The van der Waals surface area contributed by atoms with Crippen LogP contribution in [0.2, 0.25) is 0 Å². The molecule has 0 saturated carbocycles. The Kier molecular flexibility index (Phi) is 4.48. The van der Waals surface area contributed by atoms with Gasteiger partial charge in [-0.15, -0.1) is 0 Å². The summed E-state index contributed by atoms with van der Waals surface area (Å²) in [6.45, 7) is -0.811. The summed E-state index contributed by atoms with van der Waals surface area (Å²) in [7, 11) is -3.85. The fourth-order valence-corrected chi connectivity index (χ4v) is 3.69. The van der Waals surface area contributed by atoms with E-state index in [2.05, 4.69) is 0 Å². The number of sulfonamides is 1. The van der Waals surface area contributed by atoms with Gasteiger partial charge in [-0.25, -0.2) is 8.42 Å². The number of halogens is 3. The number of rotatable bonds is 4. The minimum absolute atomic E-state index is 0.340. The molecule has 1 aliphatic rings. The number of benzene rings is 1. The van der Waals surface area contributed by atoms with Gasteiger partial charge >= 0.3 is 6.18 Å². The summed E-state index contributed by atoms with van der Waals surface area (Å²) < 4.78 is 62.4. The molecule has 1 aromatic rings. The van der Waals surface area contributed by atoms with Crippen LogP contribution in [0.25, 0.3) is 0 Å². The summed E-state index contributed by atoms with van der Waals surface area (Å²) >= 11 is 0. The molecular formula is C13H15F3N2O3S. The van der Waals surface area contributed by atoms with E-state index in [9.17, 15) is 26.4 Å². The molecule has 22 heavy (non-hydrogen) atoms. The molecule has 1 amide bonds. The highest BCUT2D eigenvalue weighted by Gasteiger charge is 2.41. The van der Waals surface area contributed by atoms with Gasteiger partial charge < -0.3 is 4.90 Å². The Morgan fingerprint density at radius 3 is 2.45 bits per heavy atom. The second-order valence-corrected chi connectivity index (χ2v) is 7.11. The predicted octanol–water partition coefficient (Wildman–Crippen LogP) is 1.49. The highest BCUT2D eigenvalue weighted by molar-refractivity contribution is 7.88. The van der Waals surface area contributed by atoms with Crippen LogP contribution in [0.1, 0.15) is 11.1 Å². The molecule has 1 aliphatic heterocycles. The van der Waals surface area contributed by atoms with E-state index in [0.717, 1.165) is 9.87 Å². The lowest BCUT2D eigenvalue weighted by atomic mass is 10.1. The van der Waals surface area contributed by atoms with Crippen molar-refractivity contribution in [1.82, 2.24) is 9.21 Å². The van der Waals surface area contributed by atoms with Gasteiger partial charge in [0.15, 0.2) is 0 Å². The maximum atomic E-state index is 12.3. The summed E-state index contributed by atoms with van der Waals surface area (Å²) in [4.78, 5) is 12.0. The van der Waals surface area contributed by atoms with Crippen LogP contribution in [0, 0.1) is 6.92 Å². The summed E-state index contributed by atoms with van der Waals surface area (Å²) in [6.07, 6.45) is -4.55. The topological polar surface area (TPSA) is 57.7 Å². The normalized spacial score (nSPS) is 17.3. The smallest absolute Gasteiger partial charge is 0.318 e. The molecule has 5 nitrogen and oxygen atoms in total. The predicted molar refractivity (Wildman–Crippen MR) is 73.1 cm³/mol. The van der Waals surface area contributed by atoms with E-state index in [0.29, 0.717) is 10.5 Å². The lowest BCUT2D eigenvalue weighted by Crippen LogP contribution is -2.37. The van der Waals surface area contributed by atoms with Gasteiger partial charge in [0.25, 0.3) is 0 Å². The van der Waals surface area contributed by atoms with Crippen LogP contribution >= 0.6 is 0 Å². The zero-order valence-corrected chi connectivity index (χ0v) is 12.6. The molecule has 1 aromatic carbocycles. The van der Waals surface area contributed by atoms with E-state index in [1.165, 1.54) is 0 Å². The number of aryl methyl sites for hydroxylation is 1. The highest BCUT2D eigenvalue weighted by Crippen LogP contribution is 2.22. The van der Waals surface area contributed by atoms with E-state index in [1.54, 1.807) is 31.2 Å². The van der Waals surface area contributed by atoms with Crippen LogP contribution in [0.15, 0.2) is 24.3 Å². The quantitative estimate of drug-likeness (QED) is 0.837. The molecule has 0 aliphatic carbocycles. The Morgan fingerprint density at radius 1 is 1.23 bits per heavy atom. The first-order valence-corrected chi connectivity index (χ1v) is 8.06. The molecule has 1 saturated heterocycles. The summed E-state index contributed by atoms with van der Waals surface area (Å²) in [5.74, 6) is -1.18. The maximum Gasteiger partial charge on any atom is 0.406 e. The van der Waals surface area contributed by atoms with Crippen LogP contribution in [0.5, 0.6) is 0 Å². The van der Waals surface area contributed by atoms with E-state index in [1.807, 2.05) is 0 Å². The van der Waals surface area contributed by atoms with Crippen LogP contribution in [0.3, 0.4) is 0 Å². The zero-order chi connectivity index (χ0) is 16.5. The number of alkyl halides is 3. The van der Waals surface area contributed by atoms with Crippen molar-refractivity contribution < 1.29 is 26.4 Å². The summed E-state index contributed by atoms with van der Waals surface area (Å²) in [5.41, 5.74) is 1.33. The van der Waals surface area contributed by atoms with Gasteiger partial charge in [0.1, 0.15) is 6.54 Å². The van der Waals surface area contributed by atoms with Gasteiger partial charge in [0.05, 0.1) is 19.0 Å². The minimum Gasteiger partial charge on any atom is -0.318 e. The fourth-order valence-electron chi connectivity index (χ4n) is 2.17. The molecule has 0 spiro atoms. The van der Waals surface area contributed by atoms with Crippen molar-refractivity contribution in [2.24, 2.45) is 0 Å². The first-order valence-electron chi connectivity index (χ1n) is 6.45. The van der Waals surface area contributed by atoms with Crippen molar-refractivity contribution in [3.8, 4) is 0 Å². The van der Waals surface area contributed by atoms with Gasteiger partial charge in [-0.1, -0.05) is 24.3 Å². The van der Waals surface area contributed by atoms with Crippen LogP contribution in [-0.4, -0.2) is 49.5 Å². The monoisotopic (exact) mass is 336 g/mol. The molecular weight excluding hydrogens is 321 g/mol. The van der Waals surface area contributed by atoms with E-state index in [4.69, 9.17) is 0 Å². The number of amides is 1. The molecule has 9 heteroatoms. The Hall–Kier alpha value is -1.61. The number of nitrogens with zero attached hydrogens (tertiary/aromatic N) is 2. The minimum atomic E-state index is -4.55. The number of carbonyl (C=O) groups is 1. The van der Waals surface area contributed by atoms with E-state index in [-0.39, 0.29) is 5.75 Å². The Morgan fingerprint density at radius 2 is 1.86 bits per heavy atom. The Bertz CT molecular complexity index is 673. The average molecular weight is 336 g/mol. The Labute approximate surface area is 126 Å². The van der Waals surface area contributed by atoms with Gasteiger partial charge in [-0.3, -0.25) is 4.79 Å². The lowest BCUT2D eigenvalue weighted by molar-refractivity contribution is -0.157. The van der Waals surface area contributed by atoms with Gasteiger partial charge in [0, 0.05) is 0 Å². The summed E-state index contributed by atoms with van der Waals surface area (Å²) in [6, 6.07) is 6.83. The standard InChI is InChI=1S/C13H15F3N2O3S/c1-10-4-2-3-5-11(10)7-22(20,21)18-6-12(19)17(9-18)8-13(14,15)16/h2-5H,6-9H2,1H3. The fraction of sp³-hybridized carbons (Fsp3) is 0.462. The Balaban J connectivity index is 2.11. The maximum absolute atomic E-state index is 12.3. The van der Waals surface area contributed by atoms with Gasteiger partial charge in [-0.2, -0.15) is 17.5 Å². The third-order valence-electron chi connectivity index (χ3n) is 3.36. The van der Waals surface area contributed by atoms with Crippen molar-refractivity contribution in [3.05, 3.63) is 35.4 Å². The molecule has 0 N–H and O–H groups in total. The molecule has 0 aromatic heterocycles.